The third-order valence-corrected chi connectivity index (χ3v) is 1.62. The predicted molar refractivity (Wildman–Crippen MR) is 30.1 cm³/mol. The van der Waals surface area contributed by atoms with Gasteiger partial charge in [0.1, 0.15) is 5.75 Å². The van der Waals surface area contributed by atoms with E-state index in [-0.39, 0.29) is 0 Å². The van der Waals surface area contributed by atoms with Crippen molar-refractivity contribution >= 4 is 9.84 Å². The van der Waals surface area contributed by atoms with E-state index >= 15 is 0 Å². The van der Waals surface area contributed by atoms with Crippen molar-refractivity contribution in [3.63, 3.8) is 0 Å². The second kappa shape index (κ2) is 2.82. The maximum atomic E-state index is 11.9. The van der Waals surface area contributed by atoms with Gasteiger partial charge in [0.15, 0.2) is 9.84 Å². The zero-order chi connectivity index (χ0) is 10.2. The van der Waals surface area contributed by atoms with Gasteiger partial charge in [0.25, 0.3) is 0 Å². The lowest BCUT2D eigenvalue weighted by atomic mass is 10.4. The van der Waals surface area contributed by atoms with Crippen LogP contribution in [0, 0.1) is 6.26 Å². The van der Waals surface area contributed by atoms with Gasteiger partial charge in [0.05, 0.1) is 6.26 Å². The van der Waals surface area contributed by atoms with Crippen LogP contribution in [0.25, 0.3) is 0 Å². The normalized spacial score (nSPS) is 14.8. The summed E-state index contributed by atoms with van der Waals surface area (Å²) >= 11 is 0. The molecule has 0 unspecified atom stereocenters. The second-order valence-electron chi connectivity index (χ2n) is 2.09. The van der Waals surface area contributed by atoms with E-state index in [1.165, 1.54) is 0 Å². The fraction of sp³-hybridized carbons (Fsp3) is 0.750. The van der Waals surface area contributed by atoms with E-state index in [1.54, 1.807) is 0 Å². The van der Waals surface area contributed by atoms with Crippen LogP contribution in [0.5, 0.6) is 0 Å². The molecule has 0 aromatic carbocycles. The minimum absolute atomic E-state index is 2.16. The highest BCUT2D eigenvalue weighted by Crippen LogP contribution is 2.36. The first kappa shape index (κ1) is 11.6. The third kappa shape index (κ3) is 3.33. The van der Waals surface area contributed by atoms with Gasteiger partial charge in [0.2, 0.25) is 0 Å². The van der Waals surface area contributed by atoms with Crippen LogP contribution >= 0.6 is 0 Å². The van der Waals surface area contributed by atoms with Crippen LogP contribution in [0.3, 0.4) is 0 Å². The highest BCUT2D eigenvalue weighted by molar-refractivity contribution is 7.92. The number of halogens is 5. The zero-order valence-electron chi connectivity index (χ0n) is 5.53. The molecule has 12 heavy (non-hydrogen) atoms. The van der Waals surface area contributed by atoms with Crippen LogP contribution in [0.2, 0.25) is 0 Å². The van der Waals surface area contributed by atoms with Crippen LogP contribution in [0.1, 0.15) is 0 Å². The molecule has 0 aliphatic carbocycles. The van der Waals surface area contributed by atoms with Gasteiger partial charge in [-0.15, -0.1) is 0 Å². The second-order valence-corrected chi connectivity index (χ2v) is 3.87. The Labute approximate surface area is 65.3 Å². The Hall–Kier alpha value is -0.400. The van der Waals surface area contributed by atoms with Gasteiger partial charge in [-0.05, 0) is 0 Å². The standard InChI is InChI=1S/C4H4F5O2S/c1-12(10,11)2-3(5,6)4(7,8)9/h1-2H2. The molecule has 0 rings (SSSR count). The minimum atomic E-state index is -5.85. The molecule has 0 bridgehead atoms. The monoisotopic (exact) mass is 211 g/mol. The lowest BCUT2D eigenvalue weighted by Crippen LogP contribution is -2.42. The minimum Gasteiger partial charge on any atom is -0.229 e. The molecule has 0 aliphatic heterocycles. The van der Waals surface area contributed by atoms with Gasteiger partial charge in [-0.2, -0.15) is 22.0 Å². The average Bonchev–Trinajstić information content (AvgIpc) is 1.52. The van der Waals surface area contributed by atoms with Gasteiger partial charge in [-0.25, -0.2) is 8.42 Å². The smallest absolute Gasteiger partial charge is 0.229 e. The number of hydrogen-bond acceptors (Lipinski definition) is 2. The molecule has 0 saturated heterocycles. The summed E-state index contributed by atoms with van der Waals surface area (Å²) in [6.07, 6.45) is -3.69. The molecule has 0 aromatic heterocycles. The Kier molecular flexibility index (Phi) is 2.73. The van der Waals surface area contributed by atoms with E-state index in [2.05, 4.69) is 6.26 Å². The molecular weight excluding hydrogens is 207 g/mol. The Bertz CT molecular complexity index is 251. The summed E-state index contributed by atoms with van der Waals surface area (Å²) in [5, 5.41) is 0. The molecule has 0 atom stereocenters. The summed E-state index contributed by atoms with van der Waals surface area (Å²) in [6.45, 7) is 0. The fourth-order valence-electron chi connectivity index (χ4n) is 0.358. The van der Waals surface area contributed by atoms with Crippen molar-refractivity contribution in [1.82, 2.24) is 0 Å². The van der Waals surface area contributed by atoms with Crippen LogP contribution in [0.4, 0.5) is 22.0 Å². The van der Waals surface area contributed by atoms with Gasteiger partial charge in [-0.1, -0.05) is 0 Å². The Morgan fingerprint density at radius 2 is 1.42 bits per heavy atom. The van der Waals surface area contributed by atoms with Crippen LogP contribution < -0.4 is 0 Å². The number of hydrogen-bond donors (Lipinski definition) is 0. The van der Waals surface area contributed by atoms with Crippen molar-refractivity contribution < 1.29 is 30.4 Å². The summed E-state index contributed by atoms with van der Waals surface area (Å²) in [5.74, 6) is -7.54. The first-order valence-corrected chi connectivity index (χ1v) is 4.28. The number of alkyl halides is 5. The van der Waals surface area contributed by atoms with E-state index in [4.69, 9.17) is 0 Å². The van der Waals surface area contributed by atoms with Crippen molar-refractivity contribution in [2.24, 2.45) is 0 Å². The maximum absolute atomic E-state index is 11.9. The lowest BCUT2D eigenvalue weighted by Gasteiger charge is -2.17. The molecule has 0 heterocycles. The van der Waals surface area contributed by atoms with Crippen molar-refractivity contribution in [2.75, 3.05) is 5.75 Å². The Morgan fingerprint density at radius 1 is 1.08 bits per heavy atom. The summed E-state index contributed by atoms with van der Waals surface area (Å²) in [4.78, 5) is 0. The molecule has 0 aliphatic rings. The van der Waals surface area contributed by atoms with Crippen LogP contribution in [-0.2, 0) is 9.84 Å². The molecule has 2 nitrogen and oxygen atoms in total. The van der Waals surface area contributed by atoms with Gasteiger partial charge in [0, 0.05) is 0 Å². The Morgan fingerprint density at radius 3 is 1.50 bits per heavy atom. The molecular formula is C4H4F5O2S. The first-order valence-electron chi connectivity index (χ1n) is 2.46. The molecule has 0 amide bonds. The highest BCUT2D eigenvalue weighted by atomic mass is 32.2. The molecule has 73 valence electrons. The predicted octanol–water partition coefficient (Wildman–Crippen LogP) is 1.39. The zero-order valence-corrected chi connectivity index (χ0v) is 6.35. The SMILES string of the molecule is [CH2]S(=O)(=O)CC(F)(F)C(F)(F)F. The van der Waals surface area contributed by atoms with E-state index in [1.807, 2.05) is 0 Å². The van der Waals surface area contributed by atoms with Crippen molar-refractivity contribution in [1.29, 1.82) is 0 Å². The topological polar surface area (TPSA) is 34.1 Å². The van der Waals surface area contributed by atoms with Crippen molar-refractivity contribution in [3.05, 3.63) is 6.26 Å². The maximum Gasteiger partial charge on any atom is 0.454 e. The largest absolute Gasteiger partial charge is 0.454 e. The fourth-order valence-corrected chi connectivity index (χ4v) is 1.07. The molecule has 0 fully saturated rings. The molecule has 1 radical (unpaired) electrons. The van der Waals surface area contributed by atoms with E-state index in [0.717, 1.165) is 0 Å². The Balaban J connectivity index is 4.67. The summed E-state index contributed by atoms with van der Waals surface area (Å²) in [7, 11) is -4.58. The summed E-state index contributed by atoms with van der Waals surface area (Å²) in [5.41, 5.74) is 0. The molecule has 0 spiro atoms. The molecule has 0 aromatic rings. The van der Waals surface area contributed by atoms with Crippen LogP contribution in [-0.4, -0.2) is 26.3 Å². The number of sulfone groups is 1. The number of rotatable bonds is 2. The quantitative estimate of drug-likeness (QED) is 0.647. The summed E-state index contributed by atoms with van der Waals surface area (Å²) in [6, 6.07) is 0. The van der Waals surface area contributed by atoms with E-state index in [0.29, 0.717) is 0 Å². The highest BCUT2D eigenvalue weighted by Gasteiger charge is 2.59. The summed E-state index contributed by atoms with van der Waals surface area (Å²) < 4.78 is 77.7. The molecule has 0 saturated carbocycles. The average molecular weight is 211 g/mol. The van der Waals surface area contributed by atoms with E-state index < -0.39 is 27.7 Å². The van der Waals surface area contributed by atoms with Gasteiger partial charge in [-0.3, -0.25) is 0 Å². The lowest BCUT2D eigenvalue weighted by molar-refractivity contribution is -0.271. The first-order chi connectivity index (χ1) is 4.96. The van der Waals surface area contributed by atoms with Gasteiger partial charge < -0.3 is 0 Å². The van der Waals surface area contributed by atoms with E-state index in [9.17, 15) is 30.4 Å². The van der Waals surface area contributed by atoms with Crippen molar-refractivity contribution in [3.8, 4) is 0 Å². The van der Waals surface area contributed by atoms with Gasteiger partial charge >= 0.3 is 12.1 Å². The molecule has 8 heteroatoms. The molecule has 0 N–H and O–H groups in total. The third-order valence-electron chi connectivity index (χ3n) is 0.816. The van der Waals surface area contributed by atoms with Crippen LogP contribution in [0.15, 0.2) is 0 Å². The van der Waals surface area contributed by atoms with Crippen molar-refractivity contribution in [2.45, 2.75) is 12.1 Å².